The molecule has 1 rings (SSSR count). The first-order chi connectivity index (χ1) is 9.73. The number of hydrogen-bond donors (Lipinski definition) is 2. The predicted octanol–water partition coefficient (Wildman–Crippen LogP) is 4.04. The van der Waals surface area contributed by atoms with Gasteiger partial charge in [-0.1, -0.05) is 53.9 Å². The van der Waals surface area contributed by atoms with E-state index in [1.807, 2.05) is 34.6 Å². The summed E-state index contributed by atoms with van der Waals surface area (Å²) in [6.45, 7) is 9.67. The van der Waals surface area contributed by atoms with Crippen LogP contribution >= 0.6 is 0 Å². The lowest BCUT2D eigenvalue weighted by Gasteiger charge is -2.57. The van der Waals surface area contributed by atoms with Crippen molar-refractivity contribution in [1.82, 2.24) is 0 Å². The molecule has 5 atom stereocenters. The molecule has 0 spiro atoms. The zero-order chi connectivity index (χ0) is 16.4. The molecule has 0 radical (unpaired) electrons. The lowest BCUT2D eigenvalue weighted by molar-refractivity contribution is -0.204. The van der Waals surface area contributed by atoms with Crippen molar-refractivity contribution >= 4 is 11.9 Å². The molecule has 1 aliphatic rings. The van der Waals surface area contributed by atoms with E-state index >= 15 is 0 Å². The van der Waals surface area contributed by atoms with Gasteiger partial charge in [-0.05, 0) is 30.6 Å². The van der Waals surface area contributed by atoms with Gasteiger partial charge in [-0.25, -0.2) is 0 Å². The molecule has 0 heterocycles. The fraction of sp³-hybridized carbons (Fsp3) is 0.882. The molecule has 1 fully saturated rings. The summed E-state index contributed by atoms with van der Waals surface area (Å²) in [5.41, 5.74) is -2.35. The normalized spacial score (nSPS) is 36.0. The molecular weight excluding hydrogens is 268 g/mol. The molecule has 4 nitrogen and oxygen atoms in total. The summed E-state index contributed by atoms with van der Waals surface area (Å²) in [5.74, 6) is -2.28. The van der Waals surface area contributed by atoms with Gasteiger partial charge in [0.15, 0.2) is 0 Å². The number of aliphatic carboxylic acids is 2. The van der Waals surface area contributed by atoms with Gasteiger partial charge in [0.1, 0.15) is 0 Å². The van der Waals surface area contributed by atoms with Crippen LogP contribution in [0.15, 0.2) is 0 Å². The number of rotatable bonds is 6. The Hall–Kier alpha value is -1.06. The molecule has 0 saturated heterocycles. The predicted molar refractivity (Wildman–Crippen MR) is 82.1 cm³/mol. The summed E-state index contributed by atoms with van der Waals surface area (Å²) >= 11 is 0. The van der Waals surface area contributed by atoms with Gasteiger partial charge in [0.2, 0.25) is 0 Å². The first kappa shape index (κ1) is 18.0. The topological polar surface area (TPSA) is 74.6 Å². The molecule has 21 heavy (non-hydrogen) atoms. The minimum absolute atomic E-state index is 0.121. The molecular formula is C17H30O4. The van der Waals surface area contributed by atoms with Crippen molar-refractivity contribution in [3.8, 4) is 0 Å². The Labute approximate surface area is 127 Å². The molecule has 0 aromatic rings. The van der Waals surface area contributed by atoms with E-state index in [1.165, 1.54) is 0 Å². The molecule has 5 unspecified atom stereocenters. The molecule has 2 N–H and O–H groups in total. The molecule has 0 aromatic carbocycles. The van der Waals surface area contributed by atoms with Crippen molar-refractivity contribution in [3.05, 3.63) is 0 Å². The highest BCUT2D eigenvalue weighted by Gasteiger charge is 2.68. The maximum atomic E-state index is 12.4. The van der Waals surface area contributed by atoms with Crippen LogP contribution in [0.3, 0.4) is 0 Å². The van der Waals surface area contributed by atoms with Gasteiger partial charge in [-0.2, -0.15) is 0 Å². The Morgan fingerprint density at radius 3 is 2.00 bits per heavy atom. The largest absolute Gasteiger partial charge is 0.481 e. The molecule has 1 aliphatic carbocycles. The maximum absolute atomic E-state index is 12.4. The van der Waals surface area contributed by atoms with Crippen LogP contribution in [0.4, 0.5) is 0 Å². The lowest BCUT2D eigenvalue weighted by Crippen LogP contribution is -2.63. The van der Waals surface area contributed by atoms with Crippen molar-refractivity contribution in [2.75, 3.05) is 0 Å². The Kier molecular flexibility index (Phi) is 5.46. The van der Waals surface area contributed by atoms with Crippen molar-refractivity contribution in [2.45, 2.75) is 66.7 Å². The van der Waals surface area contributed by atoms with Crippen LogP contribution in [-0.2, 0) is 9.59 Å². The Morgan fingerprint density at radius 1 is 1.10 bits per heavy atom. The summed E-state index contributed by atoms with van der Waals surface area (Å²) in [6.07, 6.45) is 3.43. The van der Waals surface area contributed by atoms with Crippen molar-refractivity contribution < 1.29 is 19.8 Å². The Bertz CT molecular complexity index is 400. The standard InChI is InChI=1S/C17H30O4/c1-6-11(3)16(14(18)19)10-8-9-13(5)17(16,15(20)21)12(4)7-2/h11-13H,6-10H2,1-5H3,(H,18,19)(H,20,21). The highest BCUT2D eigenvalue weighted by Crippen LogP contribution is 2.62. The van der Waals surface area contributed by atoms with Gasteiger partial charge >= 0.3 is 11.9 Å². The molecule has 4 heteroatoms. The van der Waals surface area contributed by atoms with Crippen LogP contribution in [0.1, 0.15) is 66.7 Å². The average molecular weight is 298 g/mol. The fourth-order valence-corrected chi connectivity index (χ4v) is 4.92. The van der Waals surface area contributed by atoms with E-state index in [1.54, 1.807) is 0 Å². The van der Waals surface area contributed by atoms with Crippen LogP contribution < -0.4 is 0 Å². The second kappa shape index (κ2) is 6.37. The van der Waals surface area contributed by atoms with Gasteiger partial charge < -0.3 is 10.2 Å². The zero-order valence-corrected chi connectivity index (χ0v) is 14.0. The summed E-state index contributed by atoms with van der Waals surface area (Å²) in [7, 11) is 0. The monoisotopic (exact) mass is 298 g/mol. The molecule has 0 aromatic heterocycles. The molecule has 1 saturated carbocycles. The van der Waals surface area contributed by atoms with Crippen LogP contribution in [0, 0.1) is 28.6 Å². The lowest BCUT2D eigenvalue weighted by atomic mass is 9.43. The molecule has 0 aliphatic heterocycles. The van der Waals surface area contributed by atoms with Gasteiger partial charge in [0.05, 0.1) is 10.8 Å². The molecule has 122 valence electrons. The van der Waals surface area contributed by atoms with Crippen molar-refractivity contribution in [2.24, 2.45) is 28.6 Å². The Balaban J connectivity index is 3.68. The van der Waals surface area contributed by atoms with Gasteiger partial charge in [-0.15, -0.1) is 0 Å². The van der Waals surface area contributed by atoms with E-state index in [2.05, 4.69) is 0 Å². The quantitative estimate of drug-likeness (QED) is 0.776. The minimum atomic E-state index is -1.18. The molecule has 0 amide bonds. The number of hydrogen-bond acceptors (Lipinski definition) is 2. The minimum Gasteiger partial charge on any atom is -0.481 e. The fourth-order valence-electron chi connectivity index (χ4n) is 4.92. The summed E-state index contributed by atoms with van der Waals surface area (Å²) in [5, 5.41) is 20.2. The summed E-state index contributed by atoms with van der Waals surface area (Å²) in [6, 6.07) is 0. The smallest absolute Gasteiger partial charge is 0.311 e. The van der Waals surface area contributed by atoms with E-state index in [0.29, 0.717) is 19.3 Å². The van der Waals surface area contributed by atoms with E-state index in [9.17, 15) is 19.8 Å². The second-order valence-electron chi connectivity index (χ2n) is 6.86. The van der Waals surface area contributed by atoms with Crippen molar-refractivity contribution in [3.63, 3.8) is 0 Å². The highest BCUT2D eigenvalue weighted by atomic mass is 16.4. The highest BCUT2D eigenvalue weighted by molar-refractivity contribution is 5.88. The first-order valence-electron chi connectivity index (χ1n) is 8.20. The number of carboxylic acid groups (broad SMARTS) is 2. The average Bonchev–Trinajstić information content (AvgIpc) is 2.44. The summed E-state index contributed by atoms with van der Waals surface area (Å²) in [4.78, 5) is 24.7. The van der Waals surface area contributed by atoms with Gasteiger partial charge in [0.25, 0.3) is 0 Å². The number of carboxylic acids is 2. The van der Waals surface area contributed by atoms with E-state index in [-0.39, 0.29) is 17.8 Å². The van der Waals surface area contributed by atoms with Crippen LogP contribution in [0.5, 0.6) is 0 Å². The third-order valence-electron chi connectivity index (χ3n) is 6.30. The van der Waals surface area contributed by atoms with E-state index < -0.39 is 22.8 Å². The SMILES string of the molecule is CCC(C)C1(C(=O)O)CCCC(C)C1(C(=O)O)C(C)CC. The maximum Gasteiger partial charge on any atom is 0.311 e. The van der Waals surface area contributed by atoms with Crippen LogP contribution in [0.25, 0.3) is 0 Å². The van der Waals surface area contributed by atoms with Crippen molar-refractivity contribution in [1.29, 1.82) is 0 Å². The first-order valence-corrected chi connectivity index (χ1v) is 8.20. The summed E-state index contributed by atoms with van der Waals surface area (Å²) < 4.78 is 0. The third-order valence-corrected chi connectivity index (χ3v) is 6.30. The molecule has 0 bridgehead atoms. The second-order valence-corrected chi connectivity index (χ2v) is 6.86. The zero-order valence-electron chi connectivity index (χ0n) is 14.0. The third kappa shape index (κ3) is 2.27. The van der Waals surface area contributed by atoms with E-state index in [4.69, 9.17) is 0 Å². The van der Waals surface area contributed by atoms with Crippen LogP contribution in [0.2, 0.25) is 0 Å². The van der Waals surface area contributed by atoms with Gasteiger partial charge in [0, 0.05) is 0 Å². The number of carbonyl (C=O) groups is 2. The van der Waals surface area contributed by atoms with Gasteiger partial charge in [-0.3, -0.25) is 9.59 Å². The van der Waals surface area contributed by atoms with E-state index in [0.717, 1.165) is 12.8 Å². The van der Waals surface area contributed by atoms with Crippen LogP contribution in [-0.4, -0.2) is 22.2 Å². The Morgan fingerprint density at radius 2 is 1.62 bits per heavy atom.